The van der Waals surface area contributed by atoms with Gasteiger partial charge >= 0.3 is 0 Å². The zero-order valence-corrected chi connectivity index (χ0v) is 17.9. The van der Waals surface area contributed by atoms with Gasteiger partial charge in [0.1, 0.15) is 23.3 Å². The maximum atomic E-state index is 13.4. The van der Waals surface area contributed by atoms with Crippen molar-refractivity contribution in [2.45, 2.75) is 31.2 Å². The van der Waals surface area contributed by atoms with Crippen LogP contribution in [0.15, 0.2) is 58.5 Å². The average Bonchev–Trinajstić information content (AvgIpc) is 3.11. The first-order valence-corrected chi connectivity index (χ1v) is 11.2. The number of fused-ring (bicyclic) bond motifs is 4. The summed E-state index contributed by atoms with van der Waals surface area (Å²) in [5.41, 5.74) is 2.80. The van der Waals surface area contributed by atoms with Crippen LogP contribution in [-0.2, 0) is 24.4 Å². The highest BCUT2D eigenvalue weighted by Gasteiger charge is 2.22. The summed E-state index contributed by atoms with van der Waals surface area (Å²) in [6.45, 7) is 1.13. The molecule has 2 aromatic heterocycles. The van der Waals surface area contributed by atoms with Crippen molar-refractivity contribution in [2.24, 2.45) is 0 Å². The number of amides is 1. The van der Waals surface area contributed by atoms with E-state index in [0.29, 0.717) is 29.9 Å². The van der Waals surface area contributed by atoms with Crippen molar-refractivity contribution in [1.82, 2.24) is 19.4 Å². The smallest absolute Gasteiger partial charge is 0.278 e. The minimum absolute atomic E-state index is 0.0442. The Bertz CT molecular complexity index is 1340. The Morgan fingerprint density at radius 2 is 2.06 bits per heavy atom. The number of rotatable bonds is 5. The number of hydrogen-bond donors (Lipinski definition) is 1. The van der Waals surface area contributed by atoms with Crippen LogP contribution in [0.1, 0.15) is 12.0 Å². The summed E-state index contributed by atoms with van der Waals surface area (Å²) in [4.78, 5) is 31.0. The van der Waals surface area contributed by atoms with Crippen molar-refractivity contribution >= 4 is 39.6 Å². The molecule has 3 heterocycles. The Kier molecular flexibility index (Phi) is 5.15. The molecule has 8 heteroatoms. The number of hydrogen-bond acceptors (Lipinski definition) is 5. The monoisotopic (exact) mass is 434 g/mol. The Morgan fingerprint density at radius 3 is 2.87 bits per heavy atom. The molecule has 158 valence electrons. The van der Waals surface area contributed by atoms with Gasteiger partial charge in [-0.2, -0.15) is 0 Å². The lowest BCUT2D eigenvalue weighted by Crippen LogP contribution is -2.30. The van der Waals surface area contributed by atoms with Gasteiger partial charge in [-0.15, -0.1) is 0 Å². The van der Waals surface area contributed by atoms with Gasteiger partial charge in [-0.3, -0.25) is 14.2 Å². The molecule has 1 amide bonds. The van der Waals surface area contributed by atoms with Crippen LogP contribution in [0.2, 0.25) is 0 Å². The highest BCUT2D eigenvalue weighted by Crippen LogP contribution is 2.31. The van der Waals surface area contributed by atoms with E-state index in [1.807, 2.05) is 48.5 Å². The van der Waals surface area contributed by atoms with Crippen LogP contribution in [0.5, 0.6) is 5.75 Å². The summed E-state index contributed by atoms with van der Waals surface area (Å²) in [6.07, 6.45) is 0.927. The molecule has 31 heavy (non-hydrogen) atoms. The van der Waals surface area contributed by atoms with Crippen molar-refractivity contribution in [1.29, 1.82) is 0 Å². The molecule has 1 aliphatic heterocycles. The fourth-order valence-corrected chi connectivity index (χ4v) is 4.94. The van der Waals surface area contributed by atoms with Gasteiger partial charge in [-0.25, -0.2) is 4.98 Å². The first-order valence-electron chi connectivity index (χ1n) is 10.2. The molecule has 0 radical (unpaired) electrons. The standard InChI is InChI=1S/C23H22N4O3S/c1-30-16-8-9-18-17(12-16)20-21(22(29)26-10-5-11-31-23(26)25-20)27(18)14-19(28)24-13-15-6-3-2-4-7-15/h2-4,6-9,12H,5,10-11,13-14H2,1H3,(H,24,28). The second-order valence-corrected chi connectivity index (χ2v) is 8.54. The lowest BCUT2D eigenvalue weighted by Gasteiger charge is -2.17. The number of carbonyl (C=O) groups is 1. The van der Waals surface area contributed by atoms with Gasteiger partial charge in [0.2, 0.25) is 5.91 Å². The zero-order chi connectivity index (χ0) is 21.4. The Labute approximate surface area is 183 Å². The number of thioether (sulfide) groups is 1. The van der Waals surface area contributed by atoms with Crippen LogP contribution < -0.4 is 15.6 Å². The van der Waals surface area contributed by atoms with Crippen LogP contribution in [0.4, 0.5) is 0 Å². The number of aromatic nitrogens is 3. The largest absolute Gasteiger partial charge is 0.497 e. The summed E-state index contributed by atoms with van der Waals surface area (Å²) in [6, 6.07) is 15.4. The summed E-state index contributed by atoms with van der Waals surface area (Å²) in [5.74, 6) is 1.48. The summed E-state index contributed by atoms with van der Waals surface area (Å²) >= 11 is 1.60. The molecule has 7 nitrogen and oxygen atoms in total. The molecule has 0 unspecified atom stereocenters. The molecule has 0 spiro atoms. The van der Waals surface area contributed by atoms with Gasteiger partial charge in [-0.05, 0) is 30.2 Å². The molecule has 0 atom stereocenters. The number of methoxy groups -OCH3 is 1. The van der Waals surface area contributed by atoms with E-state index in [0.717, 1.165) is 33.8 Å². The number of benzene rings is 2. The van der Waals surface area contributed by atoms with Crippen molar-refractivity contribution < 1.29 is 9.53 Å². The zero-order valence-electron chi connectivity index (χ0n) is 17.1. The summed E-state index contributed by atoms with van der Waals surface area (Å²) in [5, 5.41) is 4.51. The summed E-state index contributed by atoms with van der Waals surface area (Å²) < 4.78 is 8.90. The maximum absolute atomic E-state index is 13.4. The Hall–Kier alpha value is -3.26. The number of carbonyl (C=O) groups excluding carboxylic acids is 1. The Balaban J connectivity index is 1.60. The van der Waals surface area contributed by atoms with E-state index in [-0.39, 0.29) is 18.0 Å². The van der Waals surface area contributed by atoms with Gasteiger partial charge in [-0.1, -0.05) is 42.1 Å². The lowest BCUT2D eigenvalue weighted by atomic mass is 10.2. The van der Waals surface area contributed by atoms with E-state index in [9.17, 15) is 9.59 Å². The highest BCUT2D eigenvalue weighted by molar-refractivity contribution is 7.99. The first-order chi connectivity index (χ1) is 15.2. The van der Waals surface area contributed by atoms with Crippen LogP contribution in [0, 0.1) is 0 Å². The molecular weight excluding hydrogens is 412 g/mol. The van der Waals surface area contributed by atoms with Gasteiger partial charge in [0.05, 0.1) is 12.6 Å². The minimum Gasteiger partial charge on any atom is -0.497 e. The van der Waals surface area contributed by atoms with E-state index >= 15 is 0 Å². The normalized spacial score (nSPS) is 13.3. The maximum Gasteiger partial charge on any atom is 0.278 e. The fraction of sp³-hybridized carbons (Fsp3) is 0.261. The molecule has 0 saturated carbocycles. The molecule has 0 saturated heterocycles. The minimum atomic E-state index is -0.157. The molecule has 0 aliphatic carbocycles. The van der Waals surface area contributed by atoms with E-state index in [1.165, 1.54) is 0 Å². The first kappa shape index (κ1) is 19.7. The molecule has 0 bridgehead atoms. The summed E-state index contributed by atoms with van der Waals surface area (Å²) in [7, 11) is 1.61. The Morgan fingerprint density at radius 1 is 1.23 bits per heavy atom. The lowest BCUT2D eigenvalue weighted by molar-refractivity contribution is -0.121. The molecule has 2 aromatic carbocycles. The fourth-order valence-electron chi connectivity index (χ4n) is 4.00. The van der Waals surface area contributed by atoms with Crippen LogP contribution >= 0.6 is 11.8 Å². The third kappa shape index (κ3) is 3.57. The van der Waals surface area contributed by atoms with E-state index in [2.05, 4.69) is 5.32 Å². The quantitative estimate of drug-likeness (QED) is 0.488. The SMILES string of the molecule is COc1ccc2c(c1)c1nc3n(c(=O)c1n2CC(=O)NCc1ccccc1)CCCS3. The van der Waals surface area contributed by atoms with Crippen LogP contribution in [-0.4, -0.2) is 32.9 Å². The second-order valence-electron chi connectivity index (χ2n) is 7.48. The number of ether oxygens (including phenoxy) is 1. The van der Waals surface area contributed by atoms with Gasteiger partial charge in [0.25, 0.3) is 5.56 Å². The molecule has 5 rings (SSSR count). The highest BCUT2D eigenvalue weighted by atomic mass is 32.2. The van der Waals surface area contributed by atoms with E-state index in [4.69, 9.17) is 9.72 Å². The number of nitrogens with zero attached hydrogens (tertiary/aromatic N) is 3. The van der Waals surface area contributed by atoms with Crippen molar-refractivity contribution in [3.05, 3.63) is 64.4 Å². The molecule has 1 aliphatic rings. The second kappa shape index (κ2) is 8.11. The van der Waals surface area contributed by atoms with Gasteiger partial charge < -0.3 is 14.6 Å². The van der Waals surface area contributed by atoms with E-state index in [1.54, 1.807) is 28.0 Å². The average molecular weight is 435 g/mol. The van der Waals surface area contributed by atoms with E-state index < -0.39 is 0 Å². The van der Waals surface area contributed by atoms with Crippen molar-refractivity contribution in [2.75, 3.05) is 12.9 Å². The molecule has 0 fully saturated rings. The van der Waals surface area contributed by atoms with Crippen LogP contribution in [0.3, 0.4) is 0 Å². The number of nitrogens with one attached hydrogen (secondary N) is 1. The topological polar surface area (TPSA) is 78.2 Å². The molecule has 4 aromatic rings. The predicted molar refractivity (Wildman–Crippen MR) is 122 cm³/mol. The van der Waals surface area contributed by atoms with Crippen molar-refractivity contribution in [3.63, 3.8) is 0 Å². The molecule has 1 N–H and O–H groups in total. The van der Waals surface area contributed by atoms with Crippen molar-refractivity contribution in [3.8, 4) is 5.75 Å². The van der Waals surface area contributed by atoms with Crippen LogP contribution in [0.25, 0.3) is 21.9 Å². The van der Waals surface area contributed by atoms with Gasteiger partial charge in [0, 0.05) is 24.2 Å². The van der Waals surface area contributed by atoms with Gasteiger partial charge in [0.15, 0.2) is 5.16 Å². The third-order valence-corrected chi connectivity index (χ3v) is 6.58. The third-order valence-electron chi connectivity index (χ3n) is 5.52. The predicted octanol–water partition coefficient (Wildman–Crippen LogP) is 3.17. The molecular formula is C23H22N4O3S.